The molecule has 2 aromatic carbocycles. The second-order valence-electron chi connectivity index (χ2n) is 5.25. The summed E-state index contributed by atoms with van der Waals surface area (Å²) in [6.45, 7) is 0.464. The van der Waals surface area contributed by atoms with Crippen LogP contribution in [0.25, 0.3) is 0 Å². The van der Waals surface area contributed by atoms with Crippen molar-refractivity contribution in [2.45, 2.75) is 6.61 Å². The van der Waals surface area contributed by atoms with Gasteiger partial charge in [0.2, 0.25) is 0 Å². The molecule has 1 heterocycles. The van der Waals surface area contributed by atoms with Gasteiger partial charge in [0.1, 0.15) is 17.5 Å². The van der Waals surface area contributed by atoms with Crippen LogP contribution in [0.2, 0.25) is 5.15 Å². The first-order valence-corrected chi connectivity index (χ1v) is 8.03. The number of carbonyl (C=O) groups excluding carboxylic acids is 1. The summed E-state index contributed by atoms with van der Waals surface area (Å²) in [5.74, 6) is 0.675. The minimum Gasteiger partial charge on any atom is -0.489 e. The first-order chi connectivity index (χ1) is 12.2. The maximum atomic E-state index is 12.1. The molecule has 0 atom stereocenters. The van der Waals surface area contributed by atoms with Gasteiger partial charge in [-0.2, -0.15) is 0 Å². The maximum absolute atomic E-state index is 12.1. The van der Waals surface area contributed by atoms with E-state index in [0.717, 1.165) is 5.56 Å². The predicted octanol–water partition coefficient (Wildman–Crippen LogP) is 5.38. The lowest BCUT2D eigenvalue weighted by molar-refractivity contribution is 0.262. The molecule has 0 saturated carbocycles. The number of halogens is 2. The Bertz CT molecular complexity index is 860. The molecule has 2 N–H and O–H groups in total. The Labute approximate surface area is 162 Å². The number of nitrogens with zero attached hydrogens (tertiary/aromatic N) is 1. The van der Waals surface area contributed by atoms with Gasteiger partial charge in [-0.1, -0.05) is 48.0 Å². The van der Waals surface area contributed by atoms with Gasteiger partial charge in [0.05, 0.1) is 0 Å². The molecule has 0 aliphatic heterocycles. The number of urea groups is 1. The number of ether oxygens (including phenoxy) is 1. The summed E-state index contributed by atoms with van der Waals surface area (Å²) in [7, 11) is 0. The van der Waals surface area contributed by atoms with Crippen molar-refractivity contribution in [3.05, 3.63) is 83.6 Å². The van der Waals surface area contributed by atoms with Crippen LogP contribution in [0.1, 0.15) is 5.56 Å². The number of anilines is 2. The van der Waals surface area contributed by atoms with E-state index >= 15 is 0 Å². The van der Waals surface area contributed by atoms with Crippen LogP contribution in [-0.4, -0.2) is 11.0 Å². The summed E-state index contributed by atoms with van der Waals surface area (Å²) in [6.07, 6.45) is 1.52. The molecule has 0 aliphatic carbocycles. The minimum absolute atomic E-state index is 0. The maximum Gasteiger partial charge on any atom is 0.323 e. The van der Waals surface area contributed by atoms with Gasteiger partial charge in [0, 0.05) is 23.6 Å². The highest BCUT2D eigenvalue weighted by atomic mass is 35.5. The van der Waals surface area contributed by atoms with Crippen molar-refractivity contribution >= 4 is 41.4 Å². The molecule has 134 valence electrons. The van der Waals surface area contributed by atoms with Crippen molar-refractivity contribution in [1.29, 1.82) is 0 Å². The van der Waals surface area contributed by atoms with Crippen molar-refractivity contribution in [3.63, 3.8) is 0 Å². The summed E-state index contributed by atoms with van der Waals surface area (Å²) in [5.41, 5.74) is 2.27. The van der Waals surface area contributed by atoms with Crippen LogP contribution in [0, 0.1) is 0 Å². The second kappa shape index (κ2) is 9.65. The van der Waals surface area contributed by atoms with E-state index in [1.807, 2.05) is 42.5 Å². The lowest BCUT2D eigenvalue weighted by Gasteiger charge is -2.10. The van der Waals surface area contributed by atoms with Crippen LogP contribution in [0.4, 0.5) is 16.2 Å². The molecule has 5 nitrogen and oxygen atoms in total. The quantitative estimate of drug-likeness (QED) is 0.575. The van der Waals surface area contributed by atoms with E-state index in [1.165, 1.54) is 6.20 Å². The molecular formula is C19H17Cl2N3O2. The highest BCUT2D eigenvalue weighted by Crippen LogP contribution is 2.19. The highest BCUT2D eigenvalue weighted by Gasteiger charge is 2.05. The van der Waals surface area contributed by atoms with E-state index in [2.05, 4.69) is 15.6 Å². The Morgan fingerprint density at radius 2 is 1.69 bits per heavy atom. The molecule has 0 spiro atoms. The fraction of sp³-hybridized carbons (Fsp3) is 0.0526. The Kier molecular flexibility index (Phi) is 7.26. The van der Waals surface area contributed by atoms with Gasteiger partial charge < -0.3 is 15.4 Å². The van der Waals surface area contributed by atoms with E-state index in [1.54, 1.807) is 24.3 Å². The number of hydrogen-bond donors (Lipinski definition) is 2. The molecule has 26 heavy (non-hydrogen) atoms. The summed E-state index contributed by atoms with van der Waals surface area (Å²) in [5, 5.41) is 5.76. The highest BCUT2D eigenvalue weighted by molar-refractivity contribution is 6.29. The zero-order chi connectivity index (χ0) is 17.5. The zero-order valence-corrected chi connectivity index (χ0v) is 15.3. The first kappa shape index (κ1) is 19.6. The third-order valence-electron chi connectivity index (χ3n) is 3.32. The van der Waals surface area contributed by atoms with Crippen molar-refractivity contribution in [2.75, 3.05) is 10.6 Å². The molecule has 3 rings (SSSR count). The number of nitrogens with one attached hydrogen (secondary N) is 2. The smallest absolute Gasteiger partial charge is 0.323 e. The summed E-state index contributed by atoms with van der Waals surface area (Å²) >= 11 is 5.80. The molecule has 0 unspecified atom stereocenters. The normalized spacial score (nSPS) is 9.73. The van der Waals surface area contributed by atoms with Crippen molar-refractivity contribution in [1.82, 2.24) is 4.98 Å². The summed E-state index contributed by atoms with van der Waals surface area (Å²) in [6, 6.07) is 19.9. The fourth-order valence-corrected chi connectivity index (χ4v) is 2.35. The standard InChI is InChI=1S/C19H16ClN3O2.ClH/c20-18-12-16(9-10-21-18)23-19(24)22-15-7-4-8-17(11-15)25-13-14-5-2-1-3-6-14;/h1-12H,13H2,(H2,21,22,23,24);1H. The number of aromatic nitrogens is 1. The van der Waals surface area contributed by atoms with Crippen molar-refractivity contribution < 1.29 is 9.53 Å². The van der Waals surface area contributed by atoms with E-state index in [-0.39, 0.29) is 18.4 Å². The summed E-state index contributed by atoms with van der Waals surface area (Å²) < 4.78 is 5.75. The average molecular weight is 390 g/mol. The Balaban J connectivity index is 0.00000243. The zero-order valence-electron chi connectivity index (χ0n) is 13.7. The largest absolute Gasteiger partial charge is 0.489 e. The van der Waals surface area contributed by atoms with Crippen molar-refractivity contribution in [2.24, 2.45) is 0 Å². The lowest BCUT2D eigenvalue weighted by atomic mass is 10.2. The number of hydrogen-bond acceptors (Lipinski definition) is 3. The summed E-state index contributed by atoms with van der Waals surface area (Å²) in [4.78, 5) is 15.9. The van der Waals surface area contributed by atoms with Crippen LogP contribution in [0.15, 0.2) is 72.9 Å². The number of rotatable bonds is 5. The molecular weight excluding hydrogens is 373 g/mol. The van der Waals surface area contributed by atoms with Crippen LogP contribution in [-0.2, 0) is 6.61 Å². The number of pyridine rings is 1. The third kappa shape index (κ3) is 5.95. The number of carbonyl (C=O) groups is 1. The van der Waals surface area contributed by atoms with Gasteiger partial charge >= 0.3 is 6.03 Å². The molecule has 0 saturated heterocycles. The van der Waals surface area contributed by atoms with Gasteiger partial charge in [-0.05, 0) is 29.8 Å². The fourth-order valence-electron chi connectivity index (χ4n) is 2.18. The Morgan fingerprint density at radius 3 is 2.42 bits per heavy atom. The SMILES string of the molecule is Cl.O=C(Nc1cccc(OCc2ccccc2)c1)Nc1ccnc(Cl)c1. The minimum atomic E-state index is -0.373. The monoisotopic (exact) mass is 389 g/mol. The molecule has 7 heteroatoms. The van der Waals surface area contributed by atoms with Crippen LogP contribution in [0.5, 0.6) is 5.75 Å². The van der Waals surface area contributed by atoms with E-state index in [0.29, 0.717) is 28.9 Å². The van der Waals surface area contributed by atoms with Crippen molar-refractivity contribution in [3.8, 4) is 5.75 Å². The van der Waals surface area contributed by atoms with Gasteiger partial charge in [-0.15, -0.1) is 12.4 Å². The first-order valence-electron chi connectivity index (χ1n) is 7.65. The average Bonchev–Trinajstić information content (AvgIpc) is 2.61. The Morgan fingerprint density at radius 1 is 0.962 bits per heavy atom. The molecule has 2 amide bonds. The molecule has 1 aromatic heterocycles. The molecule has 0 fully saturated rings. The topological polar surface area (TPSA) is 63.2 Å². The molecule has 0 aliphatic rings. The van der Waals surface area contributed by atoms with E-state index in [9.17, 15) is 4.79 Å². The molecule has 0 bridgehead atoms. The lowest BCUT2D eigenvalue weighted by Crippen LogP contribution is -2.19. The van der Waals surface area contributed by atoms with E-state index in [4.69, 9.17) is 16.3 Å². The third-order valence-corrected chi connectivity index (χ3v) is 3.53. The number of amides is 2. The van der Waals surface area contributed by atoms with Gasteiger partial charge in [0.25, 0.3) is 0 Å². The predicted molar refractivity (Wildman–Crippen MR) is 106 cm³/mol. The van der Waals surface area contributed by atoms with Crippen LogP contribution < -0.4 is 15.4 Å². The second-order valence-corrected chi connectivity index (χ2v) is 5.64. The van der Waals surface area contributed by atoms with Gasteiger partial charge in [-0.3, -0.25) is 0 Å². The Hall–Kier alpha value is -2.76. The molecule has 3 aromatic rings. The van der Waals surface area contributed by atoms with Crippen LogP contribution >= 0.6 is 24.0 Å². The van der Waals surface area contributed by atoms with Gasteiger partial charge in [-0.25, -0.2) is 9.78 Å². The van der Waals surface area contributed by atoms with Crippen LogP contribution in [0.3, 0.4) is 0 Å². The van der Waals surface area contributed by atoms with Gasteiger partial charge in [0.15, 0.2) is 0 Å². The molecule has 0 radical (unpaired) electrons. The van der Waals surface area contributed by atoms with E-state index < -0.39 is 0 Å². The number of benzene rings is 2.